The molecule has 2 aromatic rings. The number of hydrogen-bond acceptors (Lipinski definition) is 7. The molecule has 1 unspecified atom stereocenters. The van der Waals surface area contributed by atoms with E-state index < -0.39 is 0 Å². The number of thiazole rings is 1. The van der Waals surface area contributed by atoms with E-state index in [0.717, 1.165) is 33.9 Å². The van der Waals surface area contributed by atoms with Gasteiger partial charge >= 0.3 is 0 Å². The molecule has 0 saturated carbocycles. The highest BCUT2D eigenvalue weighted by Gasteiger charge is 2.38. The molecule has 0 radical (unpaired) electrons. The summed E-state index contributed by atoms with van der Waals surface area (Å²) in [5.74, 6) is 1.05. The van der Waals surface area contributed by atoms with Gasteiger partial charge in [-0.2, -0.15) is 0 Å². The summed E-state index contributed by atoms with van der Waals surface area (Å²) in [7, 11) is 1.65. The second-order valence-corrected chi connectivity index (χ2v) is 9.07. The highest BCUT2D eigenvalue weighted by atomic mass is 32.1. The first-order chi connectivity index (χ1) is 14.6. The van der Waals surface area contributed by atoms with Gasteiger partial charge in [0.2, 0.25) is 5.91 Å². The van der Waals surface area contributed by atoms with Crippen LogP contribution in [-0.4, -0.2) is 85.7 Å². The summed E-state index contributed by atoms with van der Waals surface area (Å²) < 4.78 is 12.0. The third-order valence-electron chi connectivity index (χ3n) is 6.20. The molecule has 3 fully saturated rings. The second-order valence-electron chi connectivity index (χ2n) is 8.06. The van der Waals surface area contributed by atoms with Crippen molar-refractivity contribution in [3.05, 3.63) is 18.2 Å². The highest BCUT2D eigenvalue weighted by molar-refractivity contribution is 7.22. The molecule has 0 aliphatic carbocycles. The van der Waals surface area contributed by atoms with Gasteiger partial charge in [0.25, 0.3) is 5.91 Å². The lowest BCUT2D eigenvalue weighted by Crippen LogP contribution is -2.59. The fourth-order valence-corrected chi connectivity index (χ4v) is 5.39. The maximum Gasteiger partial charge on any atom is 0.251 e. The first kappa shape index (κ1) is 19.6. The molecular formula is C21H26N4O4S. The third kappa shape index (κ3) is 3.50. The number of benzene rings is 1. The summed E-state index contributed by atoms with van der Waals surface area (Å²) in [5, 5.41) is 0.936. The lowest BCUT2D eigenvalue weighted by atomic mass is 9.99. The lowest BCUT2D eigenvalue weighted by molar-refractivity contribution is -0.147. The summed E-state index contributed by atoms with van der Waals surface area (Å²) in [5.41, 5.74) is 0.877. The van der Waals surface area contributed by atoms with Gasteiger partial charge in [-0.15, -0.1) is 0 Å². The van der Waals surface area contributed by atoms with Crippen molar-refractivity contribution >= 4 is 38.5 Å². The van der Waals surface area contributed by atoms with E-state index in [0.29, 0.717) is 45.9 Å². The van der Waals surface area contributed by atoms with E-state index >= 15 is 0 Å². The topological polar surface area (TPSA) is 75.2 Å². The Bertz CT molecular complexity index is 944. The van der Waals surface area contributed by atoms with Crippen molar-refractivity contribution in [3.63, 3.8) is 0 Å². The zero-order valence-corrected chi connectivity index (χ0v) is 17.9. The Morgan fingerprint density at radius 2 is 1.87 bits per heavy atom. The number of para-hydroxylation sites is 1. The van der Waals surface area contributed by atoms with Crippen molar-refractivity contribution in [3.8, 4) is 5.75 Å². The lowest BCUT2D eigenvalue weighted by Gasteiger charge is -2.42. The zero-order valence-electron chi connectivity index (χ0n) is 17.1. The van der Waals surface area contributed by atoms with Crippen LogP contribution in [0.25, 0.3) is 10.2 Å². The summed E-state index contributed by atoms with van der Waals surface area (Å²) in [4.78, 5) is 36.0. The Hall–Kier alpha value is -2.39. The minimum atomic E-state index is -0.278. The Labute approximate surface area is 179 Å². The molecule has 160 valence electrons. The number of methoxy groups -OCH3 is 1. The van der Waals surface area contributed by atoms with Crippen LogP contribution >= 0.6 is 11.3 Å². The Morgan fingerprint density at radius 1 is 1.13 bits per heavy atom. The quantitative estimate of drug-likeness (QED) is 0.733. The number of piperazine rings is 1. The monoisotopic (exact) mass is 430 g/mol. The van der Waals surface area contributed by atoms with Gasteiger partial charge in [-0.05, 0) is 25.0 Å². The predicted octanol–water partition coefficient (Wildman–Crippen LogP) is 1.59. The molecule has 8 nitrogen and oxygen atoms in total. The van der Waals surface area contributed by atoms with E-state index in [9.17, 15) is 9.59 Å². The normalized spacial score (nSPS) is 22.4. The molecule has 1 atom stereocenters. The maximum absolute atomic E-state index is 12.9. The van der Waals surface area contributed by atoms with E-state index in [1.54, 1.807) is 18.4 Å². The van der Waals surface area contributed by atoms with Crippen molar-refractivity contribution in [2.75, 3.05) is 57.9 Å². The van der Waals surface area contributed by atoms with Gasteiger partial charge < -0.3 is 24.2 Å². The second kappa shape index (κ2) is 8.03. The number of aromatic nitrogens is 1. The van der Waals surface area contributed by atoms with Gasteiger partial charge in [0.1, 0.15) is 17.4 Å². The molecule has 1 aromatic heterocycles. The van der Waals surface area contributed by atoms with Crippen LogP contribution in [0.3, 0.4) is 0 Å². The molecule has 3 aliphatic rings. The Morgan fingerprint density at radius 3 is 2.53 bits per heavy atom. The largest absolute Gasteiger partial charge is 0.494 e. The van der Waals surface area contributed by atoms with Crippen LogP contribution in [0.4, 0.5) is 5.13 Å². The molecule has 30 heavy (non-hydrogen) atoms. The van der Waals surface area contributed by atoms with E-state index in [4.69, 9.17) is 14.5 Å². The van der Waals surface area contributed by atoms with Gasteiger partial charge in [0.05, 0.1) is 17.7 Å². The smallest absolute Gasteiger partial charge is 0.251 e. The summed E-state index contributed by atoms with van der Waals surface area (Å²) >= 11 is 1.63. The maximum atomic E-state index is 12.9. The van der Waals surface area contributed by atoms with Gasteiger partial charge in [-0.3, -0.25) is 9.59 Å². The summed E-state index contributed by atoms with van der Waals surface area (Å²) in [6.45, 7) is 4.45. The van der Waals surface area contributed by atoms with Crippen LogP contribution in [0.2, 0.25) is 0 Å². The number of ether oxygens (including phenoxy) is 2. The van der Waals surface area contributed by atoms with E-state index in [-0.39, 0.29) is 23.8 Å². The molecule has 0 spiro atoms. The van der Waals surface area contributed by atoms with E-state index in [1.807, 2.05) is 28.0 Å². The van der Waals surface area contributed by atoms with Crippen LogP contribution in [-0.2, 0) is 14.3 Å². The Balaban J connectivity index is 1.14. The van der Waals surface area contributed by atoms with Crippen LogP contribution in [0, 0.1) is 5.92 Å². The number of fused-ring (bicyclic) bond motifs is 1. The molecule has 3 saturated heterocycles. The molecule has 2 amide bonds. The molecule has 0 N–H and O–H groups in total. The number of amides is 2. The number of nitrogens with zero attached hydrogens (tertiary/aromatic N) is 4. The molecular weight excluding hydrogens is 404 g/mol. The fraction of sp³-hybridized carbons (Fsp3) is 0.571. The van der Waals surface area contributed by atoms with Crippen molar-refractivity contribution in [1.29, 1.82) is 0 Å². The van der Waals surface area contributed by atoms with Gasteiger partial charge in [0, 0.05) is 45.9 Å². The van der Waals surface area contributed by atoms with Gasteiger partial charge in [0.15, 0.2) is 5.13 Å². The number of anilines is 1. The minimum Gasteiger partial charge on any atom is -0.494 e. The fourth-order valence-electron chi connectivity index (χ4n) is 4.38. The van der Waals surface area contributed by atoms with E-state index in [2.05, 4.69) is 4.90 Å². The van der Waals surface area contributed by atoms with Crippen molar-refractivity contribution in [1.82, 2.24) is 14.8 Å². The average Bonchev–Trinajstić information content (AvgIpc) is 3.42. The first-order valence-electron chi connectivity index (χ1n) is 10.5. The first-order valence-corrected chi connectivity index (χ1v) is 11.3. The van der Waals surface area contributed by atoms with Crippen molar-refractivity contribution < 1.29 is 19.1 Å². The molecule has 5 rings (SSSR count). The van der Waals surface area contributed by atoms with Crippen LogP contribution in [0.15, 0.2) is 18.2 Å². The Kier molecular flexibility index (Phi) is 5.24. The molecule has 3 aliphatic heterocycles. The number of carbonyl (C=O) groups is 2. The van der Waals surface area contributed by atoms with Gasteiger partial charge in [-0.25, -0.2) is 4.98 Å². The third-order valence-corrected chi connectivity index (χ3v) is 7.28. The van der Waals surface area contributed by atoms with Crippen LogP contribution in [0.5, 0.6) is 5.75 Å². The predicted molar refractivity (Wildman–Crippen MR) is 114 cm³/mol. The van der Waals surface area contributed by atoms with Gasteiger partial charge in [-0.1, -0.05) is 17.4 Å². The summed E-state index contributed by atoms with van der Waals surface area (Å²) in [6, 6.07) is 5.92. The van der Waals surface area contributed by atoms with Crippen LogP contribution < -0.4 is 9.64 Å². The zero-order chi connectivity index (χ0) is 20.7. The SMILES string of the molecule is COc1cccc2sc(N3CC(C(=O)N4CCN(C(=O)C5CCCO5)CC4)C3)nc12. The molecule has 1 aromatic carbocycles. The van der Waals surface area contributed by atoms with Crippen molar-refractivity contribution in [2.24, 2.45) is 5.92 Å². The summed E-state index contributed by atoms with van der Waals surface area (Å²) in [6.07, 6.45) is 1.49. The van der Waals surface area contributed by atoms with Crippen molar-refractivity contribution in [2.45, 2.75) is 18.9 Å². The molecule has 0 bridgehead atoms. The average molecular weight is 431 g/mol. The molecule has 4 heterocycles. The molecule has 9 heteroatoms. The number of carbonyl (C=O) groups excluding carboxylic acids is 2. The number of rotatable bonds is 4. The van der Waals surface area contributed by atoms with Crippen LogP contribution in [0.1, 0.15) is 12.8 Å². The number of hydrogen-bond donors (Lipinski definition) is 0. The van der Waals surface area contributed by atoms with E-state index in [1.165, 1.54) is 0 Å². The highest BCUT2D eigenvalue weighted by Crippen LogP contribution is 2.36. The standard InChI is InChI=1S/C21H26N4O4S/c1-28-15-4-2-6-17-18(15)22-21(30-17)25-12-14(13-25)19(26)23-7-9-24(10-8-23)20(27)16-5-3-11-29-16/h2,4,6,14,16H,3,5,7-13H2,1H3. The minimum absolute atomic E-state index is 0.000625.